The Morgan fingerprint density at radius 1 is 1.00 bits per heavy atom. The van der Waals surface area contributed by atoms with Crippen molar-refractivity contribution in [3.05, 3.63) is 72.4 Å². The van der Waals surface area contributed by atoms with Crippen LogP contribution in [0.2, 0.25) is 0 Å². The van der Waals surface area contributed by atoms with E-state index >= 15 is 0 Å². The first-order chi connectivity index (χ1) is 17.2. The van der Waals surface area contributed by atoms with Crippen LogP contribution in [0.25, 0.3) is 10.4 Å². The van der Waals surface area contributed by atoms with Gasteiger partial charge in [0.2, 0.25) is 0 Å². The minimum Gasteiger partial charge on any atom is -0.424 e. The third kappa shape index (κ3) is 6.05. The number of nitrogens with one attached hydrogen (secondary N) is 3. The van der Waals surface area contributed by atoms with E-state index < -0.39 is 29.3 Å². The summed E-state index contributed by atoms with van der Waals surface area (Å²) in [6, 6.07) is 8.84. The van der Waals surface area contributed by atoms with Gasteiger partial charge < -0.3 is 20.7 Å². The number of amides is 2. The lowest BCUT2D eigenvalue weighted by Crippen LogP contribution is -2.21. The molecule has 0 spiro atoms. The third-order valence-electron chi connectivity index (χ3n) is 4.62. The predicted octanol–water partition coefficient (Wildman–Crippen LogP) is 6.63. The molecule has 0 saturated carbocycles. The molecule has 36 heavy (non-hydrogen) atoms. The first kappa shape index (κ1) is 24.9. The second kappa shape index (κ2) is 10.6. The predicted molar refractivity (Wildman–Crippen MR) is 128 cm³/mol. The Kier molecular flexibility index (Phi) is 7.29. The van der Waals surface area contributed by atoms with Crippen molar-refractivity contribution >= 4 is 33.9 Å². The van der Waals surface area contributed by atoms with Gasteiger partial charge in [-0.05, 0) is 48.9 Å². The molecule has 13 heteroatoms. The lowest BCUT2D eigenvalue weighted by Gasteiger charge is -2.12. The summed E-state index contributed by atoms with van der Waals surface area (Å²) in [6.07, 6.45) is -0.638. The van der Waals surface area contributed by atoms with E-state index in [2.05, 4.69) is 25.6 Å². The molecule has 186 valence electrons. The molecule has 2 aromatic carbocycles. The number of carbonyl (C=O) groups is 1. The van der Waals surface area contributed by atoms with Gasteiger partial charge in [0.15, 0.2) is 10.9 Å². The molecule has 0 saturated heterocycles. The fraction of sp³-hybridized carbons (Fsp3) is 0.130. The summed E-state index contributed by atoms with van der Waals surface area (Å²) in [6.45, 7) is 2.78. The van der Waals surface area contributed by atoms with Crippen LogP contribution in [0, 0.1) is 5.82 Å². The largest absolute Gasteiger partial charge is 0.424 e. The van der Waals surface area contributed by atoms with Crippen molar-refractivity contribution in [3.63, 3.8) is 0 Å². The lowest BCUT2D eigenvalue weighted by atomic mass is 10.2. The Labute approximate surface area is 206 Å². The number of alkyl halides is 3. The summed E-state index contributed by atoms with van der Waals surface area (Å²) in [4.78, 5) is 25.4. The van der Waals surface area contributed by atoms with E-state index in [0.29, 0.717) is 11.8 Å². The second-order valence-electron chi connectivity index (χ2n) is 7.18. The quantitative estimate of drug-likeness (QED) is 0.238. The Balaban J connectivity index is 1.35. The summed E-state index contributed by atoms with van der Waals surface area (Å²) >= 11 is 1.53. The number of hydrogen-bond acceptors (Lipinski definition) is 7. The molecule has 3 N–H and O–H groups in total. The van der Waals surface area contributed by atoms with Crippen LogP contribution in [0.4, 0.5) is 38.9 Å². The van der Waals surface area contributed by atoms with Crippen LogP contribution in [0.15, 0.2) is 61.1 Å². The fourth-order valence-electron chi connectivity index (χ4n) is 3.00. The highest BCUT2D eigenvalue weighted by atomic mass is 32.1. The first-order valence-corrected chi connectivity index (χ1v) is 11.3. The van der Waals surface area contributed by atoms with Crippen LogP contribution in [0.3, 0.4) is 0 Å². The number of urea groups is 1. The van der Waals surface area contributed by atoms with Crippen molar-refractivity contribution in [2.45, 2.75) is 13.1 Å². The second-order valence-corrected chi connectivity index (χ2v) is 8.22. The number of halogens is 4. The zero-order valence-corrected chi connectivity index (χ0v) is 19.4. The Morgan fingerprint density at radius 2 is 1.72 bits per heavy atom. The van der Waals surface area contributed by atoms with Crippen molar-refractivity contribution in [2.75, 3.05) is 22.5 Å². The highest BCUT2D eigenvalue weighted by Gasteiger charge is 2.35. The van der Waals surface area contributed by atoms with Crippen molar-refractivity contribution < 1.29 is 27.1 Å². The summed E-state index contributed by atoms with van der Waals surface area (Å²) < 4.78 is 58.2. The van der Waals surface area contributed by atoms with Crippen LogP contribution < -0.4 is 20.7 Å². The Hall–Kier alpha value is -4.26. The van der Waals surface area contributed by atoms with E-state index in [4.69, 9.17) is 4.74 Å². The molecule has 0 aliphatic rings. The number of benzene rings is 2. The number of hydrogen-bond donors (Lipinski definition) is 3. The molecule has 0 bridgehead atoms. The van der Waals surface area contributed by atoms with Crippen LogP contribution in [0.5, 0.6) is 11.8 Å². The number of thiazole rings is 1. The molecule has 0 fully saturated rings. The van der Waals surface area contributed by atoms with E-state index in [9.17, 15) is 22.4 Å². The number of anilines is 3. The number of aromatic nitrogens is 3. The standard InChI is InChI=1S/C23H18F4N6O2S/c1-2-28-22-31-12-18(36-22)13-6-8-15(9-7-13)35-21-29-10-14(11-30-21)32-20(34)33-17-5-3-4-16(19(17)24)23(25,26)27/h3-12H,2H2,1H3,(H,28,31)(H2,32,33,34). The van der Waals surface area contributed by atoms with Crippen LogP contribution in [-0.4, -0.2) is 27.5 Å². The van der Waals surface area contributed by atoms with Crippen molar-refractivity contribution in [2.24, 2.45) is 0 Å². The summed E-state index contributed by atoms with van der Waals surface area (Å²) in [5, 5.41) is 8.34. The third-order valence-corrected chi connectivity index (χ3v) is 5.62. The SMILES string of the molecule is CCNc1ncc(-c2ccc(Oc3ncc(NC(=O)Nc4cccc(C(F)(F)F)c4F)cn3)cc2)s1. The molecular weight excluding hydrogens is 500 g/mol. The zero-order valence-electron chi connectivity index (χ0n) is 18.6. The van der Waals surface area contributed by atoms with E-state index in [0.717, 1.165) is 34.2 Å². The molecule has 2 aromatic heterocycles. The van der Waals surface area contributed by atoms with Crippen LogP contribution in [0.1, 0.15) is 12.5 Å². The molecule has 2 amide bonds. The van der Waals surface area contributed by atoms with E-state index in [-0.39, 0.29) is 11.7 Å². The molecule has 0 aliphatic heterocycles. The van der Waals surface area contributed by atoms with Gasteiger partial charge in [0, 0.05) is 12.7 Å². The minimum atomic E-state index is -4.89. The molecule has 2 heterocycles. The van der Waals surface area contributed by atoms with Gasteiger partial charge in [-0.25, -0.2) is 24.1 Å². The number of nitrogens with zero attached hydrogens (tertiary/aromatic N) is 3. The first-order valence-electron chi connectivity index (χ1n) is 10.5. The average molecular weight is 518 g/mol. The maximum Gasteiger partial charge on any atom is 0.419 e. The van der Waals surface area contributed by atoms with Gasteiger partial charge in [0.1, 0.15) is 5.75 Å². The normalized spacial score (nSPS) is 11.1. The highest BCUT2D eigenvalue weighted by Crippen LogP contribution is 2.34. The number of carbonyl (C=O) groups excluding carboxylic acids is 1. The maximum atomic E-state index is 14.1. The maximum absolute atomic E-state index is 14.1. The fourth-order valence-corrected chi connectivity index (χ4v) is 3.89. The number of ether oxygens (including phenoxy) is 1. The molecule has 0 atom stereocenters. The van der Waals surface area contributed by atoms with E-state index in [1.165, 1.54) is 23.7 Å². The molecule has 4 aromatic rings. The van der Waals surface area contributed by atoms with Crippen molar-refractivity contribution in [1.82, 2.24) is 15.0 Å². The summed E-state index contributed by atoms with van der Waals surface area (Å²) in [5.41, 5.74) is -1.02. The Bertz CT molecular complexity index is 1340. The topological polar surface area (TPSA) is 101 Å². The van der Waals surface area contributed by atoms with Gasteiger partial charge in [-0.15, -0.1) is 0 Å². The lowest BCUT2D eigenvalue weighted by molar-refractivity contribution is -0.139. The van der Waals surface area contributed by atoms with Gasteiger partial charge in [0.25, 0.3) is 0 Å². The van der Waals surface area contributed by atoms with Crippen LogP contribution in [-0.2, 0) is 6.18 Å². The molecule has 0 aliphatic carbocycles. The minimum absolute atomic E-state index is 0.00449. The summed E-state index contributed by atoms with van der Waals surface area (Å²) in [5.74, 6) is -1.10. The average Bonchev–Trinajstić information content (AvgIpc) is 3.30. The molecule has 0 radical (unpaired) electrons. The van der Waals surface area contributed by atoms with Crippen molar-refractivity contribution in [1.29, 1.82) is 0 Å². The molecule has 8 nitrogen and oxygen atoms in total. The smallest absolute Gasteiger partial charge is 0.419 e. The monoisotopic (exact) mass is 518 g/mol. The van der Waals surface area contributed by atoms with E-state index in [1.54, 1.807) is 18.3 Å². The highest BCUT2D eigenvalue weighted by molar-refractivity contribution is 7.18. The number of rotatable bonds is 7. The Morgan fingerprint density at radius 3 is 2.39 bits per heavy atom. The van der Waals surface area contributed by atoms with Gasteiger partial charge >= 0.3 is 18.2 Å². The zero-order chi connectivity index (χ0) is 25.7. The molecule has 4 rings (SSSR count). The van der Waals surface area contributed by atoms with Gasteiger partial charge in [-0.2, -0.15) is 13.2 Å². The summed E-state index contributed by atoms with van der Waals surface area (Å²) in [7, 11) is 0. The molecule has 0 unspecified atom stereocenters. The van der Waals surface area contributed by atoms with Gasteiger partial charge in [-0.3, -0.25) is 0 Å². The van der Waals surface area contributed by atoms with Crippen LogP contribution >= 0.6 is 11.3 Å². The van der Waals surface area contributed by atoms with Gasteiger partial charge in [-0.1, -0.05) is 17.4 Å². The van der Waals surface area contributed by atoms with Crippen molar-refractivity contribution in [3.8, 4) is 22.2 Å². The van der Waals surface area contributed by atoms with Gasteiger partial charge in [0.05, 0.1) is 34.2 Å². The molecular formula is C23H18F4N6O2S. The van der Waals surface area contributed by atoms with E-state index in [1.807, 2.05) is 24.4 Å².